The minimum absolute atomic E-state index is 0.136. The Balaban J connectivity index is 2.11. The molecule has 0 unspecified atom stereocenters. The van der Waals surface area contributed by atoms with E-state index in [9.17, 15) is 13.2 Å². The Morgan fingerprint density at radius 2 is 1.95 bits per heavy atom. The monoisotopic (exact) mass is 307 g/mol. The molecule has 1 fully saturated rings. The molecule has 112 valence electrons. The highest BCUT2D eigenvalue weighted by Crippen LogP contribution is 2.41. The van der Waals surface area contributed by atoms with E-state index in [2.05, 4.69) is 22.2 Å². The van der Waals surface area contributed by atoms with Crippen LogP contribution >= 0.6 is 11.6 Å². The van der Waals surface area contributed by atoms with Crippen LogP contribution in [0.1, 0.15) is 44.9 Å². The van der Waals surface area contributed by atoms with Gasteiger partial charge in [0.25, 0.3) is 0 Å². The first-order valence-corrected chi connectivity index (χ1v) is 7.08. The van der Waals surface area contributed by atoms with Crippen LogP contribution < -0.4 is 5.32 Å². The maximum Gasteiger partial charge on any atom is 0.451 e. The van der Waals surface area contributed by atoms with Crippen LogP contribution in [0.4, 0.5) is 19.0 Å². The minimum Gasteiger partial charge on any atom is -0.369 e. The number of halogens is 4. The Hall–Kier alpha value is -1.04. The average Bonchev–Trinajstić information content (AvgIpc) is 2.84. The Morgan fingerprint density at radius 3 is 2.50 bits per heavy atom. The quantitative estimate of drug-likeness (QED) is 0.830. The number of rotatable bonds is 4. The normalized spacial score (nSPS) is 18.2. The van der Waals surface area contributed by atoms with E-state index >= 15 is 0 Å². The summed E-state index contributed by atoms with van der Waals surface area (Å²) in [5.74, 6) is -1.07. The number of anilines is 1. The van der Waals surface area contributed by atoms with E-state index in [1.165, 1.54) is 18.9 Å². The van der Waals surface area contributed by atoms with Gasteiger partial charge in [-0.1, -0.05) is 31.4 Å². The maximum absolute atomic E-state index is 12.6. The SMILES string of the molecule is CCC1(CNc2cc(Cl)nc(C(F)(F)F)n2)CCCC1. The summed E-state index contributed by atoms with van der Waals surface area (Å²) < 4.78 is 37.9. The molecule has 0 aromatic carbocycles. The molecule has 1 aliphatic rings. The van der Waals surface area contributed by atoms with Crippen LogP contribution in [0.5, 0.6) is 0 Å². The van der Waals surface area contributed by atoms with E-state index in [-0.39, 0.29) is 16.4 Å². The first-order chi connectivity index (χ1) is 9.35. The number of nitrogens with one attached hydrogen (secondary N) is 1. The van der Waals surface area contributed by atoms with Crippen molar-refractivity contribution in [2.24, 2.45) is 5.41 Å². The van der Waals surface area contributed by atoms with Gasteiger partial charge in [-0.05, 0) is 24.7 Å². The number of hydrogen-bond acceptors (Lipinski definition) is 3. The van der Waals surface area contributed by atoms with Gasteiger partial charge >= 0.3 is 6.18 Å². The summed E-state index contributed by atoms with van der Waals surface area (Å²) in [6, 6.07) is 1.33. The van der Waals surface area contributed by atoms with Crippen LogP contribution in [0.2, 0.25) is 5.15 Å². The molecular weight excluding hydrogens is 291 g/mol. The lowest BCUT2D eigenvalue weighted by molar-refractivity contribution is -0.144. The lowest BCUT2D eigenvalue weighted by atomic mass is 9.83. The van der Waals surface area contributed by atoms with Crippen LogP contribution in [-0.4, -0.2) is 16.5 Å². The molecule has 1 aromatic heterocycles. The summed E-state index contributed by atoms with van der Waals surface area (Å²) in [6.45, 7) is 2.73. The minimum atomic E-state index is -4.59. The molecule has 1 N–H and O–H groups in total. The molecule has 1 aliphatic carbocycles. The zero-order chi connectivity index (χ0) is 14.8. The fourth-order valence-corrected chi connectivity index (χ4v) is 2.88. The molecule has 7 heteroatoms. The molecule has 0 bridgehead atoms. The number of nitrogens with zero attached hydrogens (tertiary/aromatic N) is 2. The van der Waals surface area contributed by atoms with Crippen molar-refractivity contribution in [3.8, 4) is 0 Å². The molecule has 0 atom stereocenters. The molecule has 0 aliphatic heterocycles. The third-order valence-electron chi connectivity index (χ3n) is 4.01. The average molecular weight is 308 g/mol. The zero-order valence-electron chi connectivity index (χ0n) is 11.2. The van der Waals surface area contributed by atoms with E-state index < -0.39 is 12.0 Å². The predicted molar refractivity (Wildman–Crippen MR) is 71.7 cm³/mol. The standard InChI is InChI=1S/C13H17ClF3N3/c1-2-12(5-3-4-6-12)8-18-10-7-9(14)19-11(20-10)13(15,16)17/h7H,2-6,8H2,1H3,(H,18,19,20). The Morgan fingerprint density at radius 1 is 1.30 bits per heavy atom. The second-order valence-electron chi connectivity index (χ2n) is 5.31. The molecule has 3 nitrogen and oxygen atoms in total. The van der Waals surface area contributed by atoms with Crippen molar-refractivity contribution >= 4 is 17.4 Å². The number of hydrogen-bond donors (Lipinski definition) is 1. The van der Waals surface area contributed by atoms with Crippen LogP contribution in [0.3, 0.4) is 0 Å². The predicted octanol–water partition coefficient (Wildman–Crippen LogP) is 4.53. The van der Waals surface area contributed by atoms with Gasteiger partial charge in [0.1, 0.15) is 11.0 Å². The highest BCUT2D eigenvalue weighted by atomic mass is 35.5. The van der Waals surface area contributed by atoms with Gasteiger partial charge < -0.3 is 5.32 Å². The van der Waals surface area contributed by atoms with Crippen molar-refractivity contribution in [2.75, 3.05) is 11.9 Å². The third kappa shape index (κ3) is 3.53. The molecule has 1 aromatic rings. The maximum atomic E-state index is 12.6. The Bertz CT molecular complexity index is 470. The lowest BCUT2D eigenvalue weighted by Gasteiger charge is -2.28. The van der Waals surface area contributed by atoms with E-state index in [1.807, 2.05) is 0 Å². The Kier molecular flexibility index (Phi) is 4.42. The fraction of sp³-hybridized carbons (Fsp3) is 0.692. The summed E-state index contributed by atoms with van der Waals surface area (Å²) in [6.07, 6.45) is 0.965. The second-order valence-corrected chi connectivity index (χ2v) is 5.70. The van der Waals surface area contributed by atoms with E-state index in [4.69, 9.17) is 11.6 Å². The van der Waals surface area contributed by atoms with Crippen LogP contribution in [0, 0.1) is 5.41 Å². The molecule has 0 spiro atoms. The molecule has 0 saturated heterocycles. The molecule has 2 rings (SSSR count). The van der Waals surface area contributed by atoms with Crippen molar-refractivity contribution < 1.29 is 13.2 Å². The van der Waals surface area contributed by atoms with Crippen LogP contribution in [0.25, 0.3) is 0 Å². The van der Waals surface area contributed by atoms with Gasteiger partial charge in [0, 0.05) is 12.6 Å². The molecular formula is C13H17ClF3N3. The zero-order valence-corrected chi connectivity index (χ0v) is 12.0. The van der Waals surface area contributed by atoms with Gasteiger partial charge in [0.15, 0.2) is 0 Å². The summed E-state index contributed by atoms with van der Waals surface area (Å²) in [7, 11) is 0. The van der Waals surface area contributed by atoms with Gasteiger partial charge in [-0.2, -0.15) is 13.2 Å². The summed E-state index contributed by atoms with van der Waals surface area (Å²) in [5.41, 5.74) is 0.163. The first-order valence-electron chi connectivity index (χ1n) is 6.70. The summed E-state index contributed by atoms with van der Waals surface area (Å²) in [5, 5.41) is 2.79. The third-order valence-corrected chi connectivity index (χ3v) is 4.20. The lowest BCUT2D eigenvalue weighted by Crippen LogP contribution is -2.26. The molecule has 1 saturated carbocycles. The van der Waals surface area contributed by atoms with Crippen molar-refractivity contribution in [3.05, 3.63) is 17.0 Å². The number of aromatic nitrogens is 2. The molecule has 20 heavy (non-hydrogen) atoms. The topological polar surface area (TPSA) is 37.8 Å². The van der Waals surface area contributed by atoms with Gasteiger partial charge in [0.05, 0.1) is 0 Å². The van der Waals surface area contributed by atoms with Gasteiger partial charge in [0.2, 0.25) is 5.82 Å². The van der Waals surface area contributed by atoms with Crippen molar-refractivity contribution in [3.63, 3.8) is 0 Å². The highest BCUT2D eigenvalue weighted by Gasteiger charge is 2.36. The highest BCUT2D eigenvalue weighted by molar-refractivity contribution is 6.29. The van der Waals surface area contributed by atoms with Crippen molar-refractivity contribution in [1.29, 1.82) is 0 Å². The molecule has 1 heterocycles. The van der Waals surface area contributed by atoms with E-state index in [0.717, 1.165) is 19.3 Å². The van der Waals surface area contributed by atoms with Gasteiger partial charge in [-0.25, -0.2) is 9.97 Å². The summed E-state index contributed by atoms with van der Waals surface area (Å²) >= 11 is 5.63. The second kappa shape index (κ2) is 5.76. The van der Waals surface area contributed by atoms with Crippen LogP contribution in [0.15, 0.2) is 6.07 Å². The Labute approximate surface area is 120 Å². The first kappa shape index (κ1) is 15.4. The van der Waals surface area contributed by atoms with Crippen molar-refractivity contribution in [1.82, 2.24) is 9.97 Å². The molecule has 0 radical (unpaired) electrons. The van der Waals surface area contributed by atoms with Gasteiger partial charge in [-0.3, -0.25) is 0 Å². The number of alkyl halides is 3. The smallest absolute Gasteiger partial charge is 0.369 e. The van der Waals surface area contributed by atoms with Crippen LogP contribution in [-0.2, 0) is 6.18 Å². The fourth-order valence-electron chi connectivity index (χ4n) is 2.69. The largest absolute Gasteiger partial charge is 0.451 e. The van der Waals surface area contributed by atoms with E-state index in [1.54, 1.807) is 0 Å². The van der Waals surface area contributed by atoms with Crippen molar-refractivity contribution in [2.45, 2.75) is 45.2 Å². The van der Waals surface area contributed by atoms with E-state index in [0.29, 0.717) is 6.54 Å². The van der Waals surface area contributed by atoms with Gasteiger partial charge in [-0.15, -0.1) is 0 Å². The summed E-state index contributed by atoms with van der Waals surface area (Å²) in [4.78, 5) is 6.71. The molecule has 0 amide bonds.